The first-order valence-electron chi connectivity index (χ1n) is 13.3. The molecule has 0 spiro atoms. The monoisotopic (exact) mass is 534 g/mol. The van der Waals surface area contributed by atoms with E-state index in [9.17, 15) is 24.8 Å². The van der Waals surface area contributed by atoms with Crippen LogP contribution in [0.1, 0.15) is 43.2 Å². The van der Waals surface area contributed by atoms with Crippen LogP contribution in [0.5, 0.6) is 0 Å². The number of piperidine rings is 2. The number of carbonyl (C=O) groups is 3. The standard InChI is InChI=1S/C29H28F2N4O4/c30-28(31)14-18-9-10-23(28)24(26(37)34-17(15-32)13-16-11-12-33-25(16)36)35(18)27(38)29(39)21-7-3-1-5-19(21)20-6-2-4-8-22(20)29/h1-8,16-18,23-24,39H,9-14H2,(H,33,36)(H,34,37)/t16-,17-,18+,23+,24-/m0/s1. The highest BCUT2D eigenvalue weighted by molar-refractivity contribution is 6.01. The predicted octanol–water partition coefficient (Wildman–Crippen LogP) is 2.45. The molecule has 3 aliphatic heterocycles. The Morgan fingerprint density at radius 1 is 1.10 bits per heavy atom. The molecule has 2 bridgehead atoms. The smallest absolute Gasteiger partial charge is 0.264 e. The number of benzene rings is 2. The number of aliphatic hydroxyl groups is 1. The second-order valence-corrected chi connectivity index (χ2v) is 11.0. The second-order valence-electron chi connectivity index (χ2n) is 11.0. The molecule has 3 saturated heterocycles. The fraction of sp³-hybridized carbons (Fsp3) is 0.448. The van der Waals surface area contributed by atoms with Gasteiger partial charge in [-0.2, -0.15) is 5.26 Å². The predicted molar refractivity (Wildman–Crippen MR) is 135 cm³/mol. The lowest BCUT2D eigenvalue weighted by atomic mass is 9.70. The lowest BCUT2D eigenvalue weighted by Gasteiger charge is -2.54. The largest absolute Gasteiger partial charge is 0.372 e. The van der Waals surface area contributed by atoms with Gasteiger partial charge in [-0.15, -0.1) is 0 Å². The van der Waals surface area contributed by atoms with E-state index in [0.29, 0.717) is 35.2 Å². The van der Waals surface area contributed by atoms with Crippen LogP contribution in [0.2, 0.25) is 0 Å². The quantitative estimate of drug-likeness (QED) is 0.544. The zero-order valence-electron chi connectivity index (χ0n) is 21.1. The third-order valence-corrected chi connectivity index (χ3v) is 8.83. The lowest BCUT2D eigenvalue weighted by Crippen LogP contribution is -2.70. The first-order valence-corrected chi connectivity index (χ1v) is 13.3. The molecule has 202 valence electrons. The van der Waals surface area contributed by atoms with Gasteiger partial charge >= 0.3 is 0 Å². The zero-order valence-corrected chi connectivity index (χ0v) is 21.1. The van der Waals surface area contributed by atoms with Gasteiger partial charge in [0.15, 0.2) is 5.60 Å². The molecule has 39 heavy (non-hydrogen) atoms. The molecule has 1 saturated carbocycles. The Hall–Kier alpha value is -3.84. The minimum atomic E-state index is -3.19. The van der Waals surface area contributed by atoms with E-state index in [1.165, 1.54) is 0 Å². The number of halogens is 2. The Morgan fingerprint density at radius 3 is 2.31 bits per heavy atom. The van der Waals surface area contributed by atoms with E-state index in [1.54, 1.807) is 48.5 Å². The normalized spacial score (nSPS) is 28.2. The van der Waals surface area contributed by atoms with E-state index < -0.39 is 59.7 Å². The zero-order chi connectivity index (χ0) is 27.5. The topological polar surface area (TPSA) is 123 Å². The number of hydrogen-bond acceptors (Lipinski definition) is 5. The summed E-state index contributed by atoms with van der Waals surface area (Å²) in [5.74, 6) is -7.03. The summed E-state index contributed by atoms with van der Waals surface area (Å²) < 4.78 is 30.4. The third kappa shape index (κ3) is 3.82. The number of carbonyl (C=O) groups excluding carboxylic acids is 3. The highest BCUT2D eigenvalue weighted by atomic mass is 19.3. The van der Waals surface area contributed by atoms with Crippen LogP contribution in [0.15, 0.2) is 48.5 Å². The van der Waals surface area contributed by atoms with Crippen LogP contribution in [0, 0.1) is 23.2 Å². The molecule has 2 aromatic rings. The van der Waals surface area contributed by atoms with Crippen molar-refractivity contribution in [1.29, 1.82) is 5.26 Å². The Bertz CT molecular complexity index is 1360. The van der Waals surface area contributed by atoms with E-state index >= 15 is 8.78 Å². The van der Waals surface area contributed by atoms with E-state index in [0.717, 1.165) is 4.90 Å². The highest BCUT2D eigenvalue weighted by Crippen LogP contribution is 2.53. The van der Waals surface area contributed by atoms with Crippen LogP contribution in [0.4, 0.5) is 8.78 Å². The summed E-state index contributed by atoms with van der Waals surface area (Å²) in [6.45, 7) is 0.470. The Balaban J connectivity index is 1.36. The van der Waals surface area contributed by atoms with Crippen LogP contribution in [0.3, 0.4) is 0 Å². The van der Waals surface area contributed by atoms with Crippen molar-refractivity contribution in [2.24, 2.45) is 11.8 Å². The van der Waals surface area contributed by atoms with E-state index in [4.69, 9.17) is 0 Å². The average Bonchev–Trinajstić information content (AvgIpc) is 3.46. The van der Waals surface area contributed by atoms with Crippen molar-refractivity contribution in [1.82, 2.24) is 15.5 Å². The lowest BCUT2D eigenvalue weighted by molar-refractivity contribution is -0.201. The Morgan fingerprint density at radius 2 is 1.74 bits per heavy atom. The van der Waals surface area contributed by atoms with Gasteiger partial charge in [0, 0.05) is 36.1 Å². The number of nitriles is 1. The van der Waals surface area contributed by atoms with Crippen molar-refractivity contribution < 1.29 is 28.3 Å². The van der Waals surface area contributed by atoms with Crippen molar-refractivity contribution in [2.75, 3.05) is 6.54 Å². The Labute approximate surface area is 224 Å². The van der Waals surface area contributed by atoms with E-state index in [2.05, 4.69) is 10.6 Å². The van der Waals surface area contributed by atoms with Crippen LogP contribution in [-0.2, 0) is 20.0 Å². The minimum absolute atomic E-state index is 0.0351. The number of alkyl halides is 2. The van der Waals surface area contributed by atoms with Crippen LogP contribution >= 0.6 is 0 Å². The van der Waals surface area contributed by atoms with Gasteiger partial charge in [-0.25, -0.2) is 8.78 Å². The third-order valence-electron chi connectivity index (χ3n) is 8.83. The molecule has 0 aromatic heterocycles. The summed E-state index contributed by atoms with van der Waals surface area (Å²) in [5.41, 5.74) is -0.153. The summed E-state index contributed by atoms with van der Waals surface area (Å²) in [7, 11) is 0. The SMILES string of the molecule is N#C[C@H](C[C@@H]1CCNC1=O)NC(=O)[C@@H]1[C@H]2CC[C@H](CC2(F)F)N1C(=O)C1(O)c2ccccc2-c2ccccc21. The maximum absolute atomic E-state index is 15.2. The van der Waals surface area contributed by atoms with Gasteiger partial charge in [-0.05, 0) is 36.8 Å². The number of hydrogen-bond donors (Lipinski definition) is 3. The number of nitrogens with one attached hydrogen (secondary N) is 2. The highest BCUT2D eigenvalue weighted by Gasteiger charge is 2.63. The molecule has 10 heteroatoms. The summed E-state index contributed by atoms with van der Waals surface area (Å²) in [6.07, 6.45) is 0.266. The molecule has 7 rings (SSSR count). The number of rotatable bonds is 5. The maximum atomic E-state index is 15.2. The minimum Gasteiger partial charge on any atom is -0.372 e. The van der Waals surface area contributed by atoms with Gasteiger partial charge in [-0.1, -0.05) is 48.5 Å². The molecule has 0 radical (unpaired) electrons. The fourth-order valence-corrected chi connectivity index (χ4v) is 6.98. The van der Waals surface area contributed by atoms with Crippen molar-refractivity contribution in [2.45, 2.75) is 61.8 Å². The van der Waals surface area contributed by atoms with Gasteiger partial charge in [0.2, 0.25) is 11.8 Å². The number of nitrogens with zero attached hydrogens (tertiary/aromatic N) is 2. The molecule has 0 unspecified atom stereocenters. The van der Waals surface area contributed by atoms with Crippen LogP contribution in [0.25, 0.3) is 11.1 Å². The van der Waals surface area contributed by atoms with Gasteiger partial charge in [0.25, 0.3) is 11.8 Å². The van der Waals surface area contributed by atoms with Crippen molar-refractivity contribution in [3.05, 3.63) is 59.7 Å². The molecule has 3 amide bonds. The fourth-order valence-electron chi connectivity index (χ4n) is 6.98. The second kappa shape index (κ2) is 9.12. The number of amides is 3. The van der Waals surface area contributed by atoms with Crippen LogP contribution in [-0.4, -0.2) is 58.3 Å². The molecule has 4 fully saturated rings. The first kappa shape index (κ1) is 25.4. The maximum Gasteiger partial charge on any atom is 0.264 e. The molecule has 5 aliphatic rings. The van der Waals surface area contributed by atoms with Crippen LogP contribution < -0.4 is 10.6 Å². The summed E-state index contributed by atoms with van der Waals surface area (Å²) in [5, 5.41) is 27.0. The Kier molecular flexibility index (Phi) is 5.95. The van der Waals surface area contributed by atoms with Crippen molar-refractivity contribution >= 4 is 17.7 Å². The summed E-state index contributed by atoms with van der Waals surface area (Å²) >= 11 is 0. The van der Waals surface area contributed by atoms with Gasteiger partial charge in [0.1, 0.15) is 12.1 Å². The van der Waals surface area contributed by atoms with E-state index in [1.807, 2.05) is 6.07 Å². The van der Waals surface area contributed by atoms with E-state index in [-0.39, 0.29) is 25.2 Å². The molecule has 8 nitrogen and oxygen atoms in total. The molecule has 3 N–H and O–H groups in total. The van der Waals surface area contributed by atoms with Crippen molar-refractivity contribution in [3.8, 4) is 17.2 Å². The van der Waals surface area contributed by atoms with Gasteiger partial charge in [0.05, 0.1) is 12.0 Å². The summed E-state index contributed by atoms with van der Waals surface area (Å²) in [4.78, 5) is 41.2. The molecule has 2 aliphatic carbocycles. The van der Waals surface area contributed by atoms with Gasteiger partial charge < -0.3 is 20.6 Å². The molecule has 2 aromatic carbocycles. The summed E-state index contributed by atoms with van der Waals surface area (Å²) in [6, 6.07) is 12.2. The molecular weight excluding hydrogens is 506 g/mol. The molecular formula is C29H28F2N4O4. The van der Waals surface area contributed by atoms with Crippen molar-refractivity contribution in [3.63, 3.8) is 0 Å². The molecule has 5 atom stereocenters. The first-order chi connectivity index (χ1) is 18.7. The number of fused-ring (bicyclic) bond motifs is 6. The molecule has 3 heterocycles. The van der Waals surface area contributed by atoms with Gasteiger partial charge in [-0.3, -0.25) is 14.4 Å². The average molecular weight is 535 g/mol.